The second kappa shape index (κ2) is 40.5. The maximum absolute atomic E-state index is 11.8. The van der Waals surface area contributed by atoms with Gasteiger partial charge in [-0.15, -0.1) is 0 Å². The number of ether oxygens (including phenoxy) is 5. The van der Waals surface area contributed by atoms with E-state index in [1.807, 2.05) is 41.5 Å². The first-order chi connectivity index (χ1) is 31.0. The standard InChI is InChI=1S/C24H48O2.C22H40N2O8.C6H12O2/c1-5-7-8-9-10-11-12-13-14-15-16-17-18-19-20-21-22-26-23(25)24(3,4)6-2;1-7-21(3,4)17(25)29-15-11-23-19(27)31-13-9-10-14-32-20(28)24-12-16-30-18(26)22(5,6)8-2;1-4-6(2,3)5(7)8/h5-22H2,1-4H3;7-16H2,1-6H3,(H,23,27)(H,24,28);4H2,1-3H3,(H,7,8). The zero-order valence-corrected chi connectivity index (χ0v) is 44.4. The molecule has 0 radical (unpaired) electrons. The summed E-state index contributed by atoms with van der Waals surface area (Å²) in [6.45, 7) is 26.0. The normalized spacial score (nSPS) is 11.5. The van der Waals surface area contributed by atoms with Crippen LogP contribution >= 0.6 is 0 Å². The minimum absolute atomic E-state index is 0.0408. The average Bonchev–Trinajstić information content (AvgIpc) is 3.28. The van der Waals surface area contributed by atoms with Gasteiger partial charge >= 0.3 is 36.1 Å². The van der Waals surface area contributed by atoms with Gasteiger partial charge in [0.1, 0.15) is 13.2 Å². The van der Waals surface area contributed by atoms with Gasteiger partial charge in [0, 0.05) is 0 Å². The van der Waals surface area contributed by atoms with Crippen LogP contribution in [0.3, 0.4) is 0 Å². The lowest BCUT2D eigenvalue weighted by Crippen LogP contribution is -2.32. The molecule has 14 nitrogen and oxygen atoms in total. The lowest BCUT2D eigenvalue weighted by atomic mass is 9.91. The summed E-state index contributed by atoms with van der Waals surface area (Å²) in [5.41, 5.74) is -1.95. The van der Waals surface area contributed by atoms with E-state index in [4.69, 9.17) is 28.8 Å². The first kappa shape index (κ1) is 66.7. The van der Waals surface area contributed by atoms with E-state index in [0.717, 1.165) is 12.8 Å². The number of carbonyl (C=O) groups is 6. The Labute approximate surface area is 402 Å². The summed E-state index contributed by atoms with van der Waals surface area (Å²) in [6, 6.07) is 0. The third-order valence-electron chi connectivity index (χ3n) is 12.2. The van der Waals surface area contributed by atoms with Crippen LogP contribution in [0, 0.1) is 21.7 Å². The monoisotopic (exact) mass is 945 g/mol. The van der Waals surface area contributed by atoms with Gasteiger partial charge in [0.05, 0.1) is 54.6 Å². The van der Waals surface area contributed by atoms with Crippen molar-refractivity contribution in [1.82, 2.24) is 10.6 Å². The van der Waals surface area contributed by atoms with E-state index in [0.29, 0.717) is 38.7 Å². The van der Waals surface area contributed by atoms with Gasteiger partial charge in [-0.2, -0.15) is 0 Å². The lowest BCUT2D eigenvalue weighted by molar-refractivity contribution is -0.154. The van der Waals surface area contributed by atoms with Crippen LogP contribution < -0.4 is 10.6 Å². The Morgan fingerprint density at radius 3 is 0.848 bits per heavy atom. The van der Waals surface area contributed by atoms with Crippen molar-refractivity contribution < 1.29 is 57.6 Å². The molecule has 0 rings (SSSR count). The van der Waals surface area contributed by atoms with Gasteiger partial charge in [-0.05, 0) is 100 Å². The molecule has 0 atom stereocenters. The smallest absolute Gasteiger partial charge is 0.407 e. The van der Waals surface area contributed by atoms with E-state index < -0.39 is 34.4 Å². The number of carboxylic acids is 1. The van der Waals surface area contributed by atoms with Gasteiger partial charge in [-0.1, -0.05) is 131 Å². The number of hydrogen-bond acceptors (Lipinski definition) is 11. The molecule has 66 heavy (non-hydrogen) atoms. The summed E-state index contributed by atoms with van der Waals surface area (Å²) in [4.78, 5) is 68.8. The zero-order chi connectivity index (χ0) is 50.9. The quantitative estimate of drug-likeness (QED) is 0.0306. The molecule has 0 aromatic carbocycles. The number of rotatable bonds is 36. The SMILES string of the molecule is CCC(C)(C)C(=O)O.CCC(C)(C)C(=O)OCCNC(=O)OCCCCOC(=O)NCCOC(=O)C(C)(C)CC.CCCCCCCCCCCCCCCCCCOC(=O)C(C)(C)CC. The van der Waals surface area contributed by atoms with Gasteiger partial charge in [-0.3, -0.25) is 19.2 Å². The molecule has 14 heteroatoms. The number of nitrogens with one attached hydrogen (secondary N) is 2. The minimum Gasteiger partial charge on any atom is -0.481 e. The Hall–Kier alpha value is -3.58. The molecule has 0 fully saturated rings. The van der Waals surface area contributed by atoms with Gasteiger partial charge in [0.25, 0.3) is 0 Å². The number of unbranched alkanes of at least 4 members (excludes halogenated alkanes) is 16. The van der Waals surface area contributed by atoms with Crippen molar-refractivity contribution in [2.24, 2.45) is 21.7 Å². The summed E-state index contributed by atoms with van der Waals surface area (Å²) in [6.07, 6.45) is 24.6. The van der Waals surface area contributed by atoms with Crippen LogP contribution in [0.15, 0.2) is 0 Å². The molecule has 2 amide bonds. The molecule has 0 saturated heterocycles. The fourth-order valence-electron chi connectivity index (χ4n) is 5.21. The molecule has 0 bridgehead atoms. The summed E-state index contributed by atoms with van der Waals surface area (Å²) < 4.78 is 25.6. The lowest BCUT2D eigenvalue weighted by Gasteiger charge is -2.20. The van der Waals surface area contributed by atoms with E-state index in [2.05, 4.69) is 17.6 Å². The van der Waals surface area contributed by atoms with Crippen LogP contribution in [-0.2, 0) is 42.9 Å². The summed E-state index contributed by atoms with van der Waals surface area (Å²) in [5.74, 6) is -1.37. The van der Waals surface area contributed by atoms with Gasteiger partial charge in [0.2, 0.25) is 0 Å². The molecule has 3 N–H and O–H groups in total. The van der Waals surface area contributed by atoms with Gasteiger partial charge in [0.15, 0.2) is 0 Å². The Morgan fingerprint density at radius 2 is 0.591 bits per heavy atom. The second-order valence-electron chi connectivity index (χ2n) is 19.8. The molecular weight excluding hydrogens is 845 g/mol. The zero-order valence-electron chi connectivity index (χ0n) is 44.4. The third kappa shape index (κ3) is 38.5. The fourth-order valence-corrected chi connectivity index (χ4v) is 5.21. The number of esters is 3. The average molecular weight is 945 g/mol. The van der Waals surface area contributed by atoms with Crippen LogP contribution in [0.25, 0.3) is 0 Å². The summed E-state index contributed by atoms with van der Waals surface area (Å²) in [5, 5.41) is 13.4. The largest absolute Gasteiger partial charge is 0.481 e. The predicted octanol–water partition coefficient (Wildman–Crippen LogP) is 12.9. The Kier molecular flexibility index (Phi) is 40.9. The second-order valence-corrected chi connectivity index (χ2v) is 19.8. The van der Waals surface area contributed by atoms with Crippen molar-refractivity contribution >= 4 is 36.1 Å². The van der Waals surface area contributed by atoms with Gasteiger partial charge in [-0.25, -0.2) is 9.59 Å². The molecule has 0 heterocycles. The molecule has 0 spiro atoms. The van der Waals surface area contributed by atoms with Crippen LogP contribution in [0.5, 0.6) is 0 Å². The van der Waals surface area contributed by atoms with Crippen LogP contribution in [0.2, 0.25) is 0 Å². The minimum atomic E-state index is -0.722. The predicted molar refractivity (Wildman–Crippen MR) is 264 cm³/mol. The topological polar surface area (TPSA) is 193 Å². The third-order valence-corrected chi connectivity index (χ3v) is 12.2. The number of amides is 2. The van der Waals surface area contributed by atoms with Crippen molar-refractivity contribution in [1.29, 1.82) is 0 Å². The van der Waals surface area contributed by atoms with E-state index in [-0.39, 0.29) is 62.8 Å². The van der Waals surface area contributed by atoms with Crippen LogP contribution in [0.1, 0.15) is 231 Å². The number of carboxylic acid groups (broad SMARTS) is 1. The molecule has 0 aliphatic heterocycles. The summed E-state index contributed by atoms with van der Waals surface area (Å²) in [7, 11) is 0. The molecular formula is C52H100N2O12. The number of aliphatic carboxylic acids is 1. The van der Waals surface area contributed by atoms with Crippen molar-refractivity contribution in [2.75, 3.05) is 46.1 Å². The number of alkyl carbamates (subject to hydrolysis) is 2. The molecule has 0 unspecified atom stereocenters. The van der Waals surface area contributed by atoms with E-state index >= 15 is 0 Å². The van der Waals surface area contributed by atoms with Crippen molar-refractivity contribution in [3.05, 3.63) is 0 Å². The number of hydrogen-bond donors (Lipinski definition) is 3. The molecule has 390 valence electrons. The highest BCUT2D eigenvalue weighted by atomic mass is 16.6. The highest BCUT2D eigenvalue weighted by molar-refractivity contribution is 5.77. The Bertz CT molecular complexity index is 1230. The van der Waals surface area contributed by atoms with Crippen molar-refractivity contribution in [2.45, 2.75) is 231 Å². The summed E-state index contributed by atoms with van der Waals surface area (Å²) >= 11 is 0. The molecule has 0 aliphatic carbocycles. The fraction of sp³-hybridized carbons (Fsp3) is 0.885. The molecule has 0 saturated carbocycles. The highest BCUT2D eigenvalue weighted by Gasteiger charge is 2.28. The van der Waals surface area contributed by atoms with Crippen molar-refractivity contribution in [3.63, 3.8) is 0 Å². The number of carbonyl (C=O) groups excluding carboxylic acids is 5. The Morgan fingerprint density at radius 1 is 0.348 bits per heavy atom. The van der Waals surface area contributed by atoms with E-state index in [9.17, 15) is 28.8 Å². The maximum Gasteiger partial charge on any atom is 0.407 e. The highest BCUT2D eigenvalue weighted by Crippen LogP contribution is 2.23. The van der Waals surface area contributed by atoms with E-state index in [1.165, 1.54) is 96.3 Å². The van der Waals surface area contributed by atoms with Gasteiger partial charge < -0.3 is 39.4 Å². The molecule has 0 aromatic heterocycles. The molecule has 0 aliphatic rings. The first-order valence-electron chi connectivity index (χ1n) is 25.6. The maximum atomic E-state index is 11.8. The first-order valence-corrected chi connectivity index (χ1v) is 25.6. The molecule has 0 aromatic rings. The Balaban J connectivity index is -0.00000104. The van der Waals surface area contributed by atoms with E-state index in [1.54, 1.807) is 41.5 Å². The van der Waals surface area contributed by atoms with Crippen LogP contribution in [0.4, 0.5) is 9.59 Å². The van der Waals surface area contributed by atoms with Crippen molar-refractivity contribution in [3.8, 4) is 0 Å². The van der Waals surface area contributed by atoms with Crippen LogP contribution in [-0.4, -0.2) is 87.3 Å².